The average Bonchev–Trinajstić information content (AvgIpc) is 2.97. The Morgan fingerprint density at radius 3 is 3.00 bits per heavy atom. The molecular formula is C13H15NO3S. The van der Waals surface area contributed by atoms with Gasteiger partial charge in [-0.15, -0.1) is 0 Å². The molecule has 0 aliphatic carbocycles. The van der Waals surface area contributed by atoms with Crippen LogP contribution >= 0.6 is 11.3 Å². The van der Waals surface area contributed by atoms with Crippen LogP contribution in [0.3, 0.4) is 0 Å². The van der Waals surface area contributed by atoms with Crippen molar-refractivity contribution in [2.45, 2.75) is 18.9 Å². The molecule has 0 saturated carbocycles. The number of hydrogen-bond donors (Lipinski definition) is 2. The molecule has 0 saturated heterocycles. The number of carbonyl (C=O) groups is 1. The van der Waals surface area contributed by atoms with E-state index >= 15 is 0 Å². The van der Waals surface area contributed by atoms with Crippen molar-refractivity contribution in [2.75, 3.05) is 6.54 Å². The number of nitrogens with one attached hydrogen (secondary N) is 1. The lowest BCUT2D eigenvalue weighted by Crippen LogP contribution is -2.42. The second-order valence-electron chi connectivity index (χ2n) is 4.45. The van der Waals surface area contributed by atoms with Gasteiger partial charge in [-0.1, -0.05) is 0 Å². The first-order valence-electron chi connectivity index (χ1n) is 5.62. The van der Waals surface area contributed by atoms with E-state index in [1.165, 1.54) is 11.3 Å². The molecule has 0 spiro atoms. The third-order valence-electron chi connectivity index (χ3n) is 2.55. The van der Waals surface area contributed by atoms with Crippen LogP contribution in [0.25, 0.3) is 0 Å². The van der Waals surface area contributed by atoms with Crippen molar-refractivity contribution in [3.05, 3.63) is 46.5 Å². The highest BCUT2D eigenvalue weighted by atomic mass is 32.1. The molecule has 2 aromatic heterocycles. The van der Waals surface area contributed by atoms with Crippen LogP contribution in [0.15, 0.2) is 39.6 Å². The van der Waals surface area contributed by atoms with E-state index < -0.39 is 5.60 Å². The second kappa shape index (κ2) is 5.37. The minimum absolute atomic E-state index is 0.170. The first-order chi connectivity index (χ1) is 8.57. The third-order valence-corrected chi connectivity index (χ3v) is 3.23. The Kier molecular flexibility index (Phi) is 3.84. The summed E-state index contributed by atoms with van der Waals surface area (Å²) in [6.45, 7) is 1.85. The van der Waals surface area contributed by atoms with Gasteiger partial charge in [-0.3, -0.25) is 4.79 Å². The van der Waals surface area contributed by atoms with Crippen LogP contribution in [0.5, 0.6) is 0 Å². The summed E-state index contributed by atoms with van der Waals surface area (Å²) < 4.78 is 5.18. The van der Waals surface area contributed by atoms with E-state index in [1.807, 2.05) is 5.38 Å². The number of thiophene rings is 1. The summed E-state index contributed by atoms with van der Waals surface area (Å²) >= 11 is 1.47. The smallest absolute Gasteiger partial charge is 0.252 e. The SMILES string of the molecule is CC(O)(CNC(=O)c1ccsc1)Cc1ccco1. The monoisotopic (exact) mass is 265 g/mol. The topological polar surface area (TPSA) is 62.5 Å². The van der Waals surface area contributed by atoms with E-state index in [1.54, 1.807) is 36.8 Å². The summed E-state index contributed by atoms with van der Waals surface area (Å²) in [5.41, 5.74) is -0.405. The molecule has 1 amide bonds. The quantitative estimate of drug-likeness (QED) is 0.870. The van der Waals surface area contributed by atoms with E-state index in [2.05, 4.69) is 5.32 Å². The molecule has 18 heavy (non-hydrogen) atoms. The zero-order valence-corrected chi connectivity index (χ0v) is 10.9. The molecule has 2 rings (SSSR count). The van der Waals surface area contributed by atoms with Gasteiger partial charge in [0.05, 0.1) is 11.9 Å². The number of carbonyl (C=O) groups excluding carboxylic acids is 1. The molecule has 0 radical (unpaired) electrons. The van der Waals surface area contributed by atoms with Gasteiger partial charge in [0.1, 0.15) is 5.76 Å². The summed E-state index contributed by atoms with van der Waals surface area (Å²) in [6, 6.07) is 5.33. The number of furan rings is 1. The van der Waals surface area contributed by atoms with Crippen LogP contribution in [-0.4, -0.2) is 23.2 Å². The molecule has 0 fully saturated rings. The normalized spacial score (nSPS) is 14.1. The van der Waals surface area contributed by atoms with Gasteiger partial charge in [0.2, 0.25) is 0 Å². The molecule has 2 N–H and O–H groups in total. The number of rotatable bonds is 5. The average molecular weight is 265 g/mol. The van der Waals surface area contributed by atoms with Crippen molar-refractivity contribution in [2.24, 2.45) is 0 Å². The van der Waals surface area contributed by atoms with Gasteiger partial charge in [0.15, 0.2) is 0 Å². The van der Waals surface area contributed by atoms with Crippen molar-refractivity contribution >= 4 is 17.2 Å². The summed E-state index contributed by atoms with van der Waals surface area (Å²) in [6.07, 6.45) is 1.93. The molecule has 1 unspecified atom stereocenters. The Morgan fingerprint density at radius 2 is 2.39 bits per heavy atom. The van der Waals surface area contributed by atoms with Gasteiger partial charge >= 0.3 is 0 Å². The van der Waals surface area contributed by atoms with Crippen LogP contribution in [0.2, 0.25) is 0 Å². The van der Waals surface area contributed by atoms with Crippen LogP contribution in [0.1, 0.15) is 23.0 Å². The van der Waals surface area contributed by atoms with Gasteiger partial charge in [0, 0.05) is 23.9 Å². The van der Waals surface area contributed by atoms with E-state index in [9.17, 15) is 9.90 Å². The van der Waals surface area contributed by atoms with E-state index in [-0.39, 0.29) is 12.5 Å². The van der Waals surface area contributed by atoms with Crippen LogP contribution in [0, 0.1) is 0 Å². The number of hydrogen-bond acceptors (Lipinski definition) is 4. The maximum Gasteiger partial charge on any atom is 0.252 e. The van der Waals surface area contributed by atoms with Gasteiger partial charge in [0.25, 0.3) is 5.91 Å². The fourth-order valence-electron chi connectivity index (χ4n) is 1.62. The fraction of sp³-hybridized carbons (Fsp3) is 0.308. The standard InChI is InChI=1S/C13H15NO3S/c1-13(16,7-11-3-2-5-17-11)9-14-12(15)10-4-6-18-8-10/h2-6,8,16H,7,9H2,1H3,(H,14,15). The zero-order chi connectivity index (χ0) is 13.0. The lowest BCUT2D eigenvalue weighted by Gasteiger charge is -2.22. The Bertz CT molecular complexity index is 488. The van der Waals surface area contributed by atoms with E-state index in [4.69, 9.17) is 4.42 Å². The Hall–Kier alpha value is -1.59. The van der Waals surface area contributed by atoms with E-state index in [0.29, 0.717) is 17.7 Å². The molecule has 2 aromatic rings. The highest BCUT2D eigenvalue weighted by Gasteiger charge is 2.23. The first-order valence-corrected chi connectivity index (χ1v) is 6.56. The van der Waals surface area contributed by atoms with Gasteiger partial charge in [-0.2, -0.15) is 11.3 Å². The molecule has 1 atom stereocenters. The summed E-state index contributed by atoms with van der Waals surface area (Å²) in [5, 5.41) is 16.5. The summed E-state index contributed by atoms with van der Waals surface area (Å²) in [4.78, 5) is 11.7. The summed E-state index contributed by atoms with van der Waals surface area (Å²) in [5.74, 6) is 0.528. The second-order valence-corrected chi connectivity index (χ2v) is 5.23. The van der Waals surface area contributed by atoms with E-state index in [0.717, 1.165) is 0 Å². The fourth-order valence-corrected chi connectivity index (χ4v) is 2.25. The summed E-state index contributed by atoms with van der Waals surface area (Å²) in [7, 11) is 0. The third kappa shape index (κ3) is 3.45. The highest BCUT2D eigenvalue weighted by molar-refractivity contribution is 7.08. The molecule has 5 heteroatoms. The van der Waals surface area contributed by atoms with Crippen LogP contribution in [0.4, 0.5) is 0 Å². The molecule has 0 bridgehead atoms. The minimum atomic E-state index is -1.02. The van der Waals surface area contributed by atoms with Gasteiger partial charge in [-0.05, 0) is 30.5 Å². The molecular weight excluding hydrogens is 250 g/mol. The molecule has 0 aliphatic heterocycles. The molecule has 0 aliphatic rings. The lowest BCUT2D eigenvalue weighted by atomic mass is 10.0. The molecule has 4 nitrogen and oxygen atoms in total. The largest absolute Gasteiger partial charge is 0.469 e. The Labute approximate surface area is 109 Å². The first kappa shape index (κ1) is 12.9. The van der Waals surface area contributed by atoms with Crippen LogP contribution in [-0.2, 0) is 6.42 Å². The zero-order valence-electron chi connectivity index (χ0n) is 10.1. The Balaban J connectivity index is 1.87. The highest BCUT2D eigenvalue weighted by Crippen LogP contribution is 2.13. The van der Waals surface area contributed by atoms with Crippen molar-refractivity contribution in [1.82, 2.24) is 5.32 Å². The maximum atomic E-state index is 11.7. The maximum absolute atomic E-state index is 11.7. The predicted molar refractivity (Wildman–Crippen MR) is 69.7 cm³/mol. The molecule has 96 valence electrons. The molecule has 0 aromatic carbocycles. The predicted octanol–water partition coefficient (Wildman–Crippen LogP) is 2.06. The molecule has 2 heterocycles. The van der Waals surface area contributed by atoms with Crippen molar-refractivity contribution in [1.29, 1.82) is 0 Å². The van der Waals surface area contributed by atoms with Gasteiger partial charge in [-0.25, -0.2) is 0 Å². The number of aliphatic hydroxyl groups is 1. The number of amides is 1. The van der Waals surface area contributed by atoms with Gasteiger partial charge < -0.3 is 14.8 Å². The van der Waals surface area contributed by atoms with Crippen LogP contribution < -0.4 is 5.32 Å². The van der Waals surface area contributed by atoms with Crippen molar-refractivity contribution in [3.63, 3.8) is 0 Å². The Morgan fingerprint density at radius 1 is 1.56 bits per heavy atom. The van der Waals surface area contributed by atoms with Crippen molar-refractivity contribution < 1.29 is 14.3 Å². The lowest BCUT2D eigenvalue weighted by molar-refractivity contribution is 0.0510. The minimum Gasteiger partial charge on any atom is -0.469 e. The van der Waals surface area contributed by atoms with Crippen molar-refractivity contribution in [3.8, 4) is 0 Å².